The molecular weight excluding hydrogens is 264 g/mol. The molecule has 0 spiro atoms. The molecule has 2 heterocycles. The summed E-state index contributed by atoms with van der Waals surface area (Å²) in [7, 11) is 0. The van der Waals surface area contributed by atoms with E-state index in [1.165, 1.54) is 0 Å². The van der Waals surface area contributed by atoms with Crippen molar-refractivity contribution in [2.45, 2.75) is 53.1 Å². The lowest BCUT2D eigenvalue weighted by Crippen LogP contribution is -2.23. The van der Waals surface area contributed by atoms with Crippen LogP contribution in [0.15, 0.2) is 12.1 Å². The first-order valence-electron chi connectivity index (χ1n) is 7.77. The predicted molar refractivity (Wildman–Crippen MR) is 86.0 cm³/mol. The van der Waals surface area contributed by atoms with E-state index in [0.717, 1.165) is 42.4 Å². The summed E-state index contributed by atoms with van der Waals surface area (Å²) in [6, 6.07) is 4.10. The SMILES string of the molecule is CCO[C@H](CC)CNc1cc(C(C)C)nc2cc(C)nn12. The molecule has 2 rings (SSSR count). The number of ether oxygens (including phenoxy) is 1. The summed E-state index contributed by atoms with van der Waals surface area (Å²) in [6.07, 6.45) is 1.21. The summed E-state index contributed by atoms with van der Waals surface area (Å²) in [5, 5.41) is 7.98. The van der Waals surface area contributed by atoms with E-state index in [-0.39, 0.29) is 6.10 Å². The van der Waals surface area contributed by atoms with Gasteiger partial charge in [0.15, 0.2) is 5.65 Å². The third-order valence-corrected chi connectivity index (χ3v) is 3.53. The molecule has 5 heteroatoms. The Labute approximate surface area is 126 Å². The van der Waals surface area contributed by atoms with Crippen LogP contribution in [0.4, 0.5) is 5.82 Å². The molecule has 5 nitrogen and oxygen atoms in total. The molecule has 1 atom stereocenters. The number of fused-ring (bicyclic) bond motifs is 1. The van der Waals surface area contributed by atoms with Crippen molar-refractivity contribution in [1.29, 1.82) is 0 Å². The van der Waals surface area contributed by atoms with Gasteiger partial charge in [-0.1, -0.05) is 20.8 Å². The van der Waals surface area contributed by atoms with E-state index in [4.69, 9.17) is 4.74 Å². The maximum Gasteiger partial charge on any atom is 0.157 e. The normalized spacial score (nSPS) is 13.0. The number of aromatic nitrogens is 3. The van der Waals surface area contributed by atoms with Crippen LogP contribution < -0.4 is 5.32 Å². The molecule has 0 fully saturated rings. The van der Waals surface area contributed by atoms with Crippen LogP contribution in [0.3, 0.4) is 0 Å². The van der Waals surface area contributed by atoms with Gasteiger partial charge in [0.05, 0.1) is 11.8 Å². The highest BCUT2D eigenvalue weighted by atomic mass is 16.5. The van der Waals surface area contributed by atoms with Gasteiger partial charge in [0.2, 0.25) is 0 Å². The third-order valence-electron chi connectivity index (χ3n) is 3.53. The fraction of sp³-hybridized carbons (Fsp3) is 0.625. The van der Waals surface area contributed by atoms with E-state index in [2.05, 4.69) is 42.2 Å². The number of anilines is 1. The van der Waals surface area contributed by atoms with Gasteiger partial charge in [-0.3, -0.25) is 0 Å². The highest BCUT2D eigenvalue weighted by molar-refractivity contribution is 5.51. The molecule has 21 heavy (non-hydrogen) atoms. The minimum absolute atomic E-state index is 0.220. The van der Waals surface area contributed by atoms with Crippen molar-refractivity contribution in [3.05, 3.63) is 23.5 Å². The predicted octanol–water partition coefficient (Wildman–Crippen LogP) is 3.39. The molecule has 0 radical (unpaired) electrons. The van der Waals surface area contributed by atoms with E-state index in [1.807, 2.05) is 24.4 Å². The molecular formula is C16H26N4O. The second-order valence-corrected chi connectivity index (χ2v) is 5.64. The lowest BCUT2D eigenvalue weighted by atomic mass is 10.1. The first kappa shape index (κ1) is 15.8. The monoisotopic (exact) mass is 290 g/mol. The number of aryl methyl sites for hydroxylation is 1. The molecule has 1 N–H and O–H groups in total. The van der Waals surface area contributed by atoms with Gasteiger partial charge >= 0.3 is 0 Å². The Morgan fingerprint density at radius 2 is 2.05 bits per heavy atom. The van der Waals surface area contributed by atoms with Crippen molar-refractivity contribution in [3.8, 4) is 0 Å². The Kier molecular flexibility index (Phi) is 5.17. The van der Waals surface area contributed by atoms with Crippen LogP contribution in [0.2, 0.25) is 0 Å². The molecule has 0 saturated heterocycles. The zero-order chi connectivity index (χ0) is 15.4. The topological polar surface area (TPSA) is 51.5 Å². The van der Waals surface area contributed by atoms with E-state index >= 15 is 0 Å². The van der Waals surface area contributed by atoms with E-state index in [1.54, 1.807) is 0 Å². The standard InChI is InChI=1S/C16H26N4O/c1-6-13(21-7-2)10-17-15-9-14(11(3)4)18-16-8-12(5)19-20(15)16/h8-9,11,13,17H,6-7,10H2,1-5H3/t13-/m1/s1. The van der Waals surface area contributed by atoms with Gasteiger partial charge in [0.1, 0.15) is 5.82 Å². The minimum atomic E-state index is 0.220. The van der Waals surface area contributed by atoms with Crippen LogP contribution in [0.1, 0.15) is 51.4 Å². The molecule has 116 valence electrons. The highest BCUT2D eigenvalue weighted by Gasteiger charge is 2.12. The quantitative estimate of drug-likeness (QED) is 0.849. The zero-order valence-electron chi connectivity index (χ0n) is 13.7. The number of hydrogen-bond donors (Lipinski definition) is 1. The number of nitrogens with one attached hydrogen (secondary N) is 1. The number of hydrogen-bond acceptors (Lipinski definition) is 4. The Bertz CT molecular complexity index is 591. The molecule has 0 aromatic carbocycles. The maximum absolute atomic E-state index is 5.70. The largest absolute Gasteiger partial charge is 0.377 e. The van der Waals surface area contributed by atoms with Gasteiger partial charge < -0.3 is 10.1 Å². The summed E-state index contributed by atoms with van der Waals surface area (Å²) in [5.74, 6) is 1.37. The van der Waals surface area contributed by atoms with Gasteiger partial charge in [-0.05, 0) is 26.2 Å². The van der Waals surface area contributed by atoms with Gasteiger partial charge in [0.25, 0.3) is 0 Å². The molecule has 0 saturated carbocycles. The summed E-state index contributed by atoms with van der Waals surface area (Å²) in [5.41, 5.74) is 2.95. The van der Waals surface area contributed by atoms with Crippen molar-refractivity contribution in [2.24, 2.45) is 0 Å². The average molecular weight is 290 g/mol. The van der Waals surface area contributed by atoms with Gasteiger partial charge in [-0.2, -0.15) is 9.61 Å². The zero-order valence-corrected chi connectivity index (χ0v) is 13.7. The minimum Gasteiger partial charge on any atom is -0.377 e. The molecule has 0 unspecified atom stereocenters. The van der Waals surface area contributed by atoms with Crippen LogP contribution in [0, 0.1) is 6.92 Å². The molecule has 0 aliphatic heterocycles. The van der Waals surface area contributed by atoms with Crippen molar-refractivity contribution >= 4 is 11.5 Å². The first-order valence-corrected chi connectivity index (χ1v) is 7.77. The second-order valence-electron chi connectivity index (χ2n) is 5.64. The fourth-order valence-electron chi connectivity index (χ4n) is 2.31. The fourth-order valence-corrected chi connectivity index (χ4v) is 2.31. The van der Waals surface area contributed by atoms with Crippen LogP contribution >= 0.6 is 0 Å². The van der Waals surface area contributed by atoms with Gasteiger partial charge in [0, 0.05) is 31.0 Å². The molecule has 0 aliphatic rings. The average Bonchev–Trinajstić information content (AvgIpc) is 2.83. The Morgan fingerprint density at radius 1 is 1.29 bits per heavy atom. The number of rotatable bonds is 7. The smallest absolute Gasteiger partial charge is 0.157 e. The summed E-state index contributed by atoms with van der Waals surface area (Å²) in [4.78, 5) is 4.67. The third kappa shape index (κ3) is 3.73. The van der Waals surface area contributed by atoms with Crippen molar-refractivity contribution in [3.63, 3.8) is 0 Å². The number of nitrogens with zero attached hydrogens (tertiary/aromatic N) is 3. The molecule has 0 aliphatic carbocycles. The van der Waals surface area contributed by atoms with E-state index in [9.17, 15) is 0 Å². The van der Waals surface area contributed by atoms with Crippen LogP contribution in [0.5, 0.6) is 0 Å². The summed E-state index contributed by atoms with van der Waals surface area (Å²) in [6.45, 7) is 12.0. The Balaban J connectivity index is 2.28. The van der Waals surface area contributed by atoms with Gasteiger partial charge in [-0.25, -0.2) is 4.98 Å². The lowest BCUT2D eigenvalue weighted by molar-refractivity contribution is 0.0694. The molecule has 0 bridgehead atoms. The maximum atomic E-state index is 5.70. The van der Waals surface area contributed by atoms with E-state index in [0.29, 0.717) is 5.92 Å². The van der Waals surface area contributed by atoms with Crippen LogP contribution in [-0.4, -0.2) is 33.9 Å². The second kappa shape index (κ2) is 6.89. The van der Waals surface area contributed by atoms with E-state index < -0.39 is 0 Å². The summed E-state index contributed by atoms with van der Waals surface area (Å²) < 4.78 is 7.57. The van der Waals surface area contributed by atoms with Crippen molar-refractivity contribution in [1.82, 2.24) is 14.6 Å². The molecule has 2 aromatic rings. The van der Waals surface area contributed by atoms with Gasteiger partial charge in [-0.15, -0.1) is 0 Å². The van der Waals surface area contributed by atoms with Crippen molar-refractivity contribution in [2.75, 3.05) is 18.5 Å². The van der Waals surface area contributed by atoms with Crippen molar-refractivity contribution < 1.29 is 4.74 Å². The van der Waals surface area contributed by atoms with Crippen LogP contribution in [0.25, 0.3) is 5.65 Å². The first-order chi connectivity index (χ1) is 10.0. The molecule has 0 amide bonds. The lowest BCUT2D eigenvalue weighted by Gasteiger charge is -2.17. The van der Waals surface area contributed by atoms with Crippen LogP contribution in [-0.2, 0) is 4.74 Å². The highest BCUT2D eigenvalue weighted by Crippen LogP contribution is 2.19. The Morgan fingerprint density at radius 3 is 2.67 bits per heavy atom. The molecule has 2 aromatic heterocycles. The Hall–Kier alpha value is -1.62. The summed E-state index contributed by atoms with van der Waals surface area (Å²) >= 11 is 0.